The molecule has 1 aliphatic heterocycles. The second-order valence-electron chi connectivity index (χ2n) is 4.68. The molecule has 1 atom stereocenters. The number of benzene rings is 1. The van der Waals surface area contributed by atoms with E-state index in [4.69, 9.17) is 0 Å². The molecule has 2 heterocycles. The van der Waals surface area contributed by atoms with Gasteiger partial charge in [-0.25, -0.2) is 0 Å². The van der Waals surface area contributed by atoms with Crippen LogP contribution >= 0.6 is 11.3 Å². The largest absolute Gasteiger partial charge is 0.435 e. The average Bonchev–Trinajstić information content (AvgIpc) is 2.89. The average molecular weight is 294 g/mol. The summed E-state index contributed by atoms with van der Waals surface area (Å²) in [7, 11) is 0. The molecule has 0 saturated carbocycles. The van der Waals surface area contributed by atoms with Crippen LogP contribution in [0.3, 0.4) is 0 Å². The number of alkyl halides is 2. The molecule has 0 bridgehead atoms. The fraction of sp³-hybridized carbons (Fsp3) is 0.200. The van der Waals surface area contributed by atoms with Crippen molar-refractivity contribution in [3.8, 4) is 5.75 Å². The minimum Gasteiger partial charge on any atom is -0.429 e. The number of hydrogen-bond donors (Lipinski definition) is 1. The second kappa shape index (κ2) is 4.40. The standard InChI is InChI=1S/C15H12F2O2S/c1-10-7-9-20-13(10)6-8-14(18)11-4-2-3-5-12(11)19-15(14,16)17/h2-9,18H,1H3. The van der Waals surface area contributed by atoms with E-state index in [1.165, 1.54) is 29.5 Å². The van der Waals surface area contributed by atoms with Crippen molar-refractivity contribution in [2.45, 2.75) is 18.6 Å². The number of aliphatic hydroxyl groups is 1. The summed E-state index contributed by atoms with van der Waals surface area (Å²) in [6, 6.07) is 7.95. The Morgan fingerprint density at radius 1 is 1.25 bits per heavy atom. The molecule has 0 amide bonds. The number of thiophene rings is 1. The molecule has 5 heteroatoms. The molecule has 1 aromatic heterocycles. The number of para-hydroxylation sites is 1. The summed E-state index contributed by atoms with van der Waals surface area (Å²) in [5.41, 5.74) is -1.39. The molecular weight excluding hydrogens is 282 g/mol. The van der Waals surface area contributed by atoms with Gasteiger partial charge in [-0.1, -0.05) is 18.2 Å². The maximum absolute atomic E-state index is 14.0. The van der Waals surface area contributed by atoms with Crippen molar-refractivity contribution in [3.63, 3.8) is 0 Å². The Hall–Kier alpha value is -1.72. The summed E-state index contributed by atoms with van der Waals surface area (Å²) < 4.78 is 32.6. The zero-order valence-electron chi connectivity index (χ0n) is 10.6. The van der Waals surface area contributed by atoms with Gasteiger partial charge in [0.15, 0.2) is 0 Å². The van der Waals surface area contributed by atoms with Crippen LogP contribution in [0.5, 0.6) is 5.75 Å². The van der Waals surface area contributed by atoms with Crippen molar-refractivity contribution in [1.29, 1.82) is 0 Å². The number of fused-ring (bicyclic) bond motifs is 1. The fourth-order valence-electron chi connectivity index (χ4n) is 2.18. The minimum absolute atomic E-state index is 0.00699. The molecule has 2 nitrogen and oxygen atoms in total. The van der Waals surface area contributed by atoms with Crippen LogP contribution in [-0.4, -0.2) is 11.2 Å². The van der Waals surface area contributed by atoms with Crippen molar-refractivity contribution in [2.75, 3.05) is 0 Å². The quantitative estimate of drug-likeness (QED) is 0.909. The Balaban J connectivity index is 2.06. The summed E-state index contributed by atoms with van der Waals surface area (Å²) in [6.45, 7) is 1.89. The summed E-state index contributed by atoms with van der Waals surface area (Å²) in [5, 5.41) is 12.3. The smallest absolute Gasteiger partial charge is 0.429 e. The highest BCUT2D eigenvalue weighted by atomic mass is 32.1. The first-order valence-corrected chi connectivity index (χ1v) is 6.94. The zero-order chi connectivity index (χ0) is 14.4. The number of rotatable bonds is 2. The summed E-state index contributed by atoms with van der Waals surface area (Å²) in [4.78, 5) is 0.832. The Morgan fingerprint density at radius 2 is 2.00 bits per heavy atom. The highest BCUT2D eigenvalue weighted by Gasteiger charge is 2.61. The van der Waals surface area contributed by atoms with Crippen molar-refractivity contribution in [2.24, 2.45) is 0 Å². The van der Waals surface area contributed by atoms with Crippen molar-refractivity contribution < 1.29 is 18.6 Å². The number of aryl methyl sites for hydroxylation is 1. The molecule has 0 radical (unpaired) electrons. The first-order valence-electron chi connectivity index (χ1n) is 6.06. The molecule has 0 fully saturated rings. The molecule has 0 aliphatic carbocycles. The van der Waals surface area contributed by atoms with Gasteiger partial charge in [0.1, 0.15) is 5.75 Å². The number of halogens is 2. The van der Waals surface area contributed by atoms with E-state index in [1.54, 1.807) is 12.1 Å². The van der Waals surface area contributed by atoms with Gasteiger partial charge in [-0.2, -0.15) is 8.78 Å². The van der Waals surface area contributed by atoms with E-state index in [9.17, 15) is 13.9 Å². The molecule has 1 unspecified atom stereocenters. The van der Waals surface area contributed by atoms with Crippen LogP contribution in [0.4, 0.5) is 8.78 Å². The second-order valence-corrected chi connectivity index (χ2v) is 5.63. The lowest BCUT2D eigenvalue weighted by atomic mass is 9.93. The van der Waals surface area contributed by atoms with Crippen LogP contribution in [0.1, 0.15) is 16.0 Å². The van der Waals surface area contributed by atoms with Gasteiger partial charge < -0.3 is 9.84 Å². The first-order chi connectivity index (χ1) is 9.44. The van der Waals surface area contributed by atoms with Gasteiger partial charge >= 0.3 is 6.11 Å². The lowest BCUT2D eigenvalue weighted by Gasteiger charge is -2.24. The molecule has 20 heavy (non-hydrogen) atoms. The van der Waals surface area contributed by atoms with Gasteiger partial charge in [0.05, 0.1) is 0 Å². The molecular formula is C15H12F2O2S. The summed E-state index contributed by atoms with van der Waals surface area (Å²) in [5.74, 6) is 0.00699. The van der Waals surface area contributed by atoms with Gasteiger partial charge in [-0.05, 0) is 42.2 Å². The molecule has 1 aliphatic rings. The fourth-order valence-corrected chi connectivity index (χ4v) is 3.00. The Morgan fingerprint density at radius 3 is 2.70 bits per heavy atom. The highest BCUT2D eigenvalue weighted by molar-refractivity contribution is 7.11. The van der Waals surface area contributed by atoms with Crippen molar-refractivity contribution >= 4 is 17.4 Å². The molecule has 0 spiro atoms. The predicted molar refractivity (Wildman–Crippen MR) is 74.0 cm³/mol. The van der Waals surface area contributed by atoms with E-state index in [2.05, 4.69) is 4.74 Å². The van der Waals surface area contributed by atoms with Gasteiger partial charge in [-0.15, -0.1) is 11.3 Å². The topological polar surface area (TPSA) is 29.5 Å². The third-order valence-corrected chi connectivity index (χ3v) is 4.34. The van der Waals surface area contributed by atoms with Gasteiger partial charge in [0, 0.05) is 10.4 Å². The summed E-state index contributed by atoms with van der Waals surface area (Å²) >= 11 is 1.43. The van der Waals surface area contributed by atoms with E-state index < -0.39 is 11.7 Å². The molecule has 104 valence electrons. The Kier molecular flexibility index (Phi) is 2.92. The molecule has 2 aromatic rings. The number of ether oxygens (including phenoxy) is 1. The van der Waals surface area contributed by atoms with Crippen molar-refractivity contribution in [3.05, 3.63) is 57.8 Å². The van der Waals surface area contributed by atoms with Crippen LogP contribution in [-0.2, 0) is 5.60 Å². The monoisotopic (exact) mass is 294 g/mol. The molecule has 1 aromatic carbocycles. The highest BCUT2D eigenvalue weighted by Crippen LogP contribution is 2.50. The Bertz CT molecular complexity index is 678. The lowest BCUT2D eigenvalue weighted by molar-refractivity contribution is -0.257. The lowest BCUT2D eigenvalue weighted by Crippen LogP contribution is -2.42. The predicted octanol–water partition coefficient (Wildman–Crippen LogP) is 3.94. The van der Waals surface area contributed by atoms with Crippen LogP contribution in [0.25, 0.3) is 6.08 Å². The SMILES string of the molecule is Cc1ccsc1C=CC1(O)c2ccccc2OC1(F)F. The maximum atomic E-state index is 14.0. The minimum atomic E-state index is -3.68. The molecule has 3 rings (SSSR count). The van der Waals surface area contributed by atoms with Gasteiger partial charge in [0.25, 0.3) is 0 Å². The van der Waals surface area contributed by atoms with Gasteiger partial charge in [-0.3, -0.25) is 0 Å². The maximum Gasteiger partial charge on any atom is 0.435 e. The normalized spacial score (nSPS) is 23.8. The Labute approximate surface area is 118 Å². The third-order valence-electron chi connectivity index (χ3n) is 3.36. The first kappa shape index (κ1) is 13.3. The number of hydrogen-bond acceptors (Lipinski definition) is 3. The van der Waals surface area contributed by atoms with Crippen LogP contribution in [0.15, 0.2) is 41.8 Å². The van der Waals surface area contributed by atoms with Crippen molar-refractivity contribution in [1.82, 2.24) is 0 Å². The van der Waals surface area contributed by atoms with E-state index in [-0.39, 0.29) is 11.3 Å². The van der Waals surface area contributed by atoms with E-state index in [1.807, 2.05) is 18.4 Å². The van der Waals surface area contributed by atoms with Crippen LogP contribution < -0.4 is 4.74 Å². The molecule has 0 saturated heterocycles. The molecule has 1 N–H and O–H groups in total. The van der Waals surface area contributed by atoms with E-state index >= 15 is 0 Å². The summed E-state index contributed by atoms with van der Waals surface area (Å²) in [6.07, 6.45) is -1.06. The van der Waals surface area contributed by atoms with Crippen LogP contribution in [0.2, 0.25) is 0 Å². The van der Waals surface area contributed by atoms with E-state index in [0.717, 1.165) is 16.5 Å². The van der Waals surface area contributed by atoms with E-state index in [0.29, 0.717) is 0 Å². The zero-order valence-corrected chi connectivity index (χ0v) is 11.5. The van der Waals surface area contributed by atoms with Crippen LogP contribution in [0, 0.1) is 6.92 Å². The van der Waals surface area contributed by atoms with Gasteiger partial charge in [0.2, 0.25) is 5.60 Å². The third kappa shape index (κ3) is 1.85.